The number of fused-ring (bicyclic) bond motifs is 2. The van der Waals surface area contributed by atoms with Gasteiger partial charge in [0.15, 0.2) is 11.5 Å². The number of methoxy groups -OCH3 is 2. The van der Waals surface area contributed by atoms with E-state index in [1.807, 2.05) is 0 Å². The van der Waals surface area contributed by atoms with Crippen molar-refractivity contribution < 1.29 is 33.3 Å². The monoisotopic (exact) mass is 511 g/mol. The summed E-state index contributed by atoms with van der Waals surface area (Å²) in [5.41, 5.74) is 2.61. The first kappa shape index (κ1) is 24.8. The zero-order chi connectivity index (χ0) is 25.8. The Balaban J connectivity index is 1.39. The maximum Gasteiger partial charge on any atom is 0.255 e. The number of carbonyl (C=O) groups is 2. The van der Waals surface area contributed by atoms with Gasteiger partial charge in [0.05, 0.1) is 23.3 Å². The zero-order valence-electron chi connectivity index (χ0n) is 20.7. The molecule has 12 heteroatoms. The van der Waals surface area contributed by atoms with E-state index in [2.05, 4.69) is 20.3 Å². The molecule has 5 rings (SSSR count). The van der Waals surface area contributed by atoms with Gasteiger partial charge < -0.3 is 38.9 Å². The Hall–Kier alpha value is -3.90. The highest BCUT2D eigenvalue weighted by atomic mass is 16.7. The number of nitrogens with zero attached hydrogens (tertiary/aromatic N) is 3. The molecule has 3 aromatic rings. The summed E-state index contributed by atoms with van der Waals surface area (Å²) < 4.78 is 27.3. The molecule has 196 valence electrons. The van der Waals surface area contributed by atoms with Gasteiger partial charge in [-0.3, -0.25) is 9.59 Å². The van der Waals surface area contributed by atoms with E-state index in [0.717, 1.165) is 0 Å². The van der Waals surface area contributed by atoms with Crippen LogP contribution in [0.5, 0.6) is 17.2 Å². The minimum atomic E-state index is -0.244. The van der Waals surface area contributed by atoms with Gasteiger partial charge in [-0.2, -0.15) is 0 Å². The summed E-state index contributed by atoms with van der Waals surface area (Å²) in [5.74, 6) is 1.37. The van der Waals surface area contributed by atoms with Crippen molar-refractivity contribution in [2.45, 2.75) is 18.9 Å². The van der Waals surface area contributed by atoms with E-state index in [4.69, 9.17) is 23.7 Å². The number of benzene rings is 1. The average molecular weight is 512 g/mol. The van der Waals surface area contributed by atoms with Crippen molar-refractivity contribution in [3.63, 3.8) is 0 Å². The molecule has 0 saturated carbocycles. The van der Waals surface area contributed by atoms with Crippen molar-refractivity contribution in [2.24, 2.45) is 0 Å². The highest BCUT2D eigenvalue weighted by Gasteiger charge is 2.28. The lowest BCUT2D eigenvalue weighted by Crippen LogP contribution is -2.47. The molecular weight excluding hydrogens is 482 g/mol. The minimum Gasteiger partial charge on any atom is -0.490 e. The van der Waals surface area contributed by atoms with Crippen LogP contribution in [0.15, 0.2) is 24.7 Å². The highest BCUT2D eigenvalue weighted by molar-refractivity contribution is 6.08. The van der Waals surface area contributed by atoms with Gasteiger partial charge in [0, 0.05) is 39.5 Å². The van der Waals surface area contributed by atoms with Gasteiger partial charge in [0.25, 0.3) is 5.91 Å². The van der Waals surface area contributed by atoms with E-state index in [-0.39, 0.29) is 31.3 Å². The largest absolute Gasteiger partial charge is 0.490 e. The quantitative estimate of drug-likeness (QED) is 0.412. The standard InChI is InChI=1S/C25H29N5O7/c1-33-9-10-35-17-3-4-18-24(37-14-36-18)20(17)22-23-21(27-13-28-22)16(11-26-23)25(32)29-15-5-7-30(8-6-15)19(31)12-34-2/h3-4,11,13,15,26H,5-10,12,14H2,1-2H3,(H,29,32). The van der Waals surface area contributed by atoms with Crippen LogP contribution >= 0.6 is 0 Å². The molecule has 2 aliphatic heterocycles. The van der Waals surface area contributed by atoms with E-state index in [0.29, 0.717) is 84.2 Å². The summed E-state index contributed by atoms with van der Waals surface area (Å²) in [6, 6.07) is 3.54. The zero-order valence-corrected chi connectivity index (χ0v) is 20.7. The molecule has 1 saturated heterocycles. The molecule has 2 amide bonds. The number of ether oxygens (including phenoxy) is 5. The Kier molecular flexibility index (Phi) is 7.37. The van der Waals surface area contributed by atoms with E-state index in [1.54, 1.807) is 30.3 Å². The number of aromatic amines is 1. The van der Waals surface area contributed by atoms with E-state index in [1.165, 1.54) is 13.4 Å². The van der Waals surface area contributed by atoms with E-state index < -0.39 is 0 Å². The van der Waals surface area contributed by atoms with Crippen LogP contribution in [0.3, 0.4) is 0 Å². The molecule has 2 N–H and O–H groups in total. The number of hydrogen-bond acceptors (Lipinski definition) is 9. The number of likely N-dealkylation sites (tertiary alicyclic amines) is 1. The molecule has 0 aliphatic carbocycles. The van der Waals surface area contributed by atoms with Crippen LogP contribution in [0.4, 0.5) is 0 Å². The lowest BCUT2D eigenvalue weighted by Gasteiger charge is -2.32. The van der Waals surface area contributed by atoms with Gasteiger partial charge in [0.2, 0.25) is 12.7 Å². The Bertz CT molecular complexity index is 1290. The molecule has 0 spiro atoms. The van der Waals surface area contributed by atoms with Crippen LogP contribution < -0.4 is 19.5 Å². The fraction of sp³-hybridized carbons (Fsp3) is 0.440. The number of rotatable bonds is 9. The van der Waals surface area contributed by atoms with Gasteiger partial charge >= 0.3 is 0 Å². The number of nitrogens with one attached hydrogen (secondary N) is 2. The summed E-state index contributed by atoms with van der Waals surface area (Å²) in [4.78, 5) is 39.1. The number of aromatic nitrogens is 3. The Labute approximate surface area is 213 Å². The molecule has 0 bridgehead atoms. The predicted molar refractivity (Wildman–Crippen MR) is 132 cm³/mol. The third-order valence-corrected chi connectivity index (χ3v) is 6.44. The number of hydrogen-bond donors (Lipinski definition) is 2. The Morgan fingerprint density at radius 2 is 1.97 bits per heavy atom. The number of carbonyl (C=O) groups excluding carboxylic acids is 2. The molecular formula is C25H29N5O7. The summed E-state index contributed by atoms with van der Waals surface area (Å²) >= 11 is 0. The molecule has 0 unspecified atom stereocenters. The second-order valence-corrected chi connectivity index (χ2v) is 8.72. The molecule has 0 radical (unpaired) electrons. The van der Waals surface area contributed by atoms with E-state index in [9.17, 15) is 9.59 Å². The fourth-order valence-corrected chi connectivity index (χ4v) is 4.59. The Morgan fingerprint density at radius 1 is 1.14 bits per heavy atom. The highest BCUT2D eigenvalue weighted by Crippen LogP contribution is 2.47. The van der Waals surface area contributed by atoms with Crippen LogP contribution in [0.1, 0.15) is 23.2 Å². The molecule has 12 nitrogen and oxygen atoms in total. The average Bonchev–Trinajstić information content (AvgIpc) is 3.57. The first-order valence-corrected chi connectivity index (χ1v) is 12.0. The Morgan fingerprint density at radius 3 is 2.76 bits per heavy atom. The maximum atomic E-state index is 13.2. The number of piperidine rings is 1. The topological polar surface area (TPSA) is 137 Å². The smallest absolute Gasteiger partial charge is 0.255 e. The third-order valence-electron chi connectivity index (χ3n) is 6.44. The van der Waals surface area contributed by atoms with Crippen molar-refractivity contribution in [1.82, 2.24) is 25.2 Å². The molecule has 1 aromatic carbocycles. The second-order valence-electron chi connectivity index (χ2n) is 8.72. The first-order valence-electron chi connectivity index (χ1n) is 12.0. The van der Waals surface area contributed by atoms with Crippen LogP contribution in [0.2, 0.25) is 0 Å². The molecule has 0 atom stereocenters. The lowest BCUT2D eigenvalue weighted by molar-refractivity contribution is -0.136. The number of H-pyrrole nitrogens is 1. The van der Waals surface area contributed by atoms with Crippen LogP contribution in [-0.2, 0) is 14.3 Å². The van der Waals surface area contributed by atoms with Crippen LogP contribution in [-0.4, -0.2) is 91.6 Å². The van der Waals surface area contributed by atoms with Gasteiger partial charge in [0.1, 0.15) is 36.5 Å². The van der Waals surface area contributed by atoms with Gasteiger partial charge in [-0.1, -0.05) is 0 Å². The summed E-state index contributed by atoms with van der Waals surface area (Å²) in [6.45, 7) is 2.05. The second kappa shape index (κ2) is 11.0. The van der Waals surface area contributed by atoms with Crippen molar-refractivity contribution in [1.29, 1.82) is 0 Å². The summed E-state index contributed by atoms with van der Waals surface area (Å²) in [7, 11) is 3.11. The molecule has 37 heavy (non-hydrogen) atoms. The predicted octanol–water partition coefficient (Wildman–Crippen LogP) is 1.75. The van der Waals surface area contributed by atoms with Crippen LogP contribution in [0.25, 0.3) is 22.3 Å². The van der Waals surface area contributed by atoms with Gasteiger partial charge in [-0.25, -0.2) is 9.97 Å². The SMILES string of the molecule is COCCOc1ccc2c(c1-c1ncnc3c(C(=O)NC4CCN(C(=O)COC)CC4)c[nH]c13)OCO2. The first-order chi connectivity index (χ1) is 18.1. The van der Waals surface area contributed by atoms with E-state index >= 15 is 0 Å². The lowest BCUT2D eigenvalue weighted by atomic mass is 10.0. The third kappa shape index (κ3) is 5.02. The van der Waals surface area contributed by atoms with Crippen molar-refractivity contribution >= 4 is 22.8 Å². The molecule has 4 heterocycles. The molecule has 2 aromatic heterocycles. The van der Waals surface area contributed by atoms with Crippen molar-refractivity contribution in [3.05, 3.63) is 30.2 Å². The fourth-order valence-electron chi connectivity index (χ4n) is 4.59. The number of amides is 2. The van der Waals surface area contributed by atoms with Gasteiger partial charge in [-0.15, -0.1) is 0 Å². The summed E-state index contributed by atoms with van der Waals surface area (Å²) in [5, 5.41) is 3.08. The molecule has 2 aliphatic rings. The van der Waals surface area contributed by atoms with Crippen LogP contribution in [0, 0.1) is 0 Å². The molecule has 1 fully saturated rings. The van der Waals surface area contributed by atoms with Crippen molar-refractivity contribution in [3.8, 4) is 28.5 Å². The normalized spacial score (nSPS) is 15.2. The minimum absolute atomic E-state index is 0.0412. The van der Waals surface area contributed by atoms with Gasteiger partial charge in [-0.05, 0) is 25.0 Å². The van der Waals surface area contributed by atoms with Crippen molar-refractivity contribution in [2.75, 3.05) is 53.9 Å². The summed E-state index contributed by atoms with van der Waals surface area (Å²) in [6.07, 6.45) is 4.37. The maximum absolute atomic E-state index is 13.2.